The van der Waals surface area contributed by atoms with Crippen LogP contribution in [0, 0.1) is 13.8 Å². The van der Waals surface area contributed by atoms with Crippen LogP contribution in [0.2, 0.25) is 0 Å². The zero-order chi connectivity index (χ0) is 13.8. The SMILES string of the molecule is Cc1cc(C(=O)Nc2cccc(CBr)c2)c(C)nn1. The topological polar surface area (TPSA) is 54.9 Å². The van der Waals surface area contributed by atoms with Gasteiger partial charge in [0, 0.05) is 11.0 Å². The van der Waals surface area contributed by atoms with E-state index < -0.39 is 0 Å². The molecule has 1 heterocycles. The van der Waals surface area contributed by atoms with Gasteiger partial charge >= 0.3 is 0 Å². The molecule has 5 heteroatoms. The standard InChI is InChI=1S/C14H14BrN3O/c1-9-6-13(10(2)18-17-9)14(19)16-12-5-3-4-11(7-12)8-15/h3-7H,8H2,1-2H3,(H,16,19). The predicted molar refractivity (Wildman–Crippen MR) is 78.5 cm³/mol. The Labute approximate surface area is 120 Å². The third-order valence-electron chi connectivity index (χ3n) is 2.68. The van der Waals surface area contributed by atoms with Crippen molar-refractivity contribution < 1.29 is 4.79 Å². The highest BCUT2D eigenvalue weighted by Crippen LogP contribution is 2.15. The van der Waals surface area contributed by atoms with E-state index in [2.05, 4.69) is 31.4 Å². The van der Waals surface area contributed by atoms with Gasteiger partial charge in [0.15, 0.2) is 0 Å². The number of rotatable bonds is 3. The van der Waals surface area contributed by atoms with Crippen LogP contribution in [0.4, 0.5) is 5.69 Å². The minimum atomic E-state index is -0.165. The molecule has 0 saturated heterocycles. The monoisotopic (exact) mass is 319 g/mol. The van der Waals surface area contributed by atoms with Crippen molar-refractivity contribution in [2.75, 3.05) is 5.32 Å². The molecule has 0 fully saturated rings. The number of amides is 1. The minimum Gasteiger partial charge on any atom is -0.322 e. The zero-order valence-electron chi connectivity index (χ0n) is 10.8. The van der Waals surface area contributed by atoms with Crippen molar-refractivity contribution in [1.29, 1.82) is 0 Å². The molecule has 1 N–H and O–H groups in total. The van der Waals surface area contributed by atoms with Gasteiger partial charge in [-0.15, -0.1) is 0 Å². The zero-order valence-corrected chi connectivity index (χ0v) is 12.4. The highest BCUT2D eigenvalue weighted by molar-refractivity contribution is 9.08. The summed E-state index contributed by atoms with van der Waals surface area (Å²) in [6, 6.07) is 9.44. The van der Waals surface area contributed by atoms with Gasteiger partial charge in [-0.05, 0) is 37.6 Å². The highest BCUT2D eigenvalue weighted by Gasteiger charge is 2.11. The fraction of sp³-hybridized carbons (Fsp3) is 0.214. The van der Waals surface area contributed by atoms with Crippen LogP contribution in [0.25, 0.3) is 0 Å². The molecule has 19 heavy (non-hydrogen) atoms. The van der Waals surface area contributed by atoms with E-state index >= 15 is 0 Å². The van der Waals surface area contributed by atoms with Crippen LogP contribution < -0.4 is 5.32 Å². The Morgan fingerprint density at radius 3 is 2.79 bits per heavy atom. The molecule has 2 aromatic rings. The number of carbonyl (C=O) groups is 1. The Hall–Kier alpha value is -1.75. The molecule has 1 aromatic carbocycles. The smallest absolute Gasteiger partial charge is 0.257 e. The first-order chi connectivity index (χ1) is 9.10. The molecule has 1 aromatic heterocycles. The second-order valence-electron chi connectivity index (χ2n) is 4.27. The van der Waals surface area contributed by atoms with Crippen LogP contribution in [-0.4, -0.2) is 16.1 Å². The average Bonchev–Trinajstić information content (AvgIpc) is 2.41. The molecule has 0 aliphatic rings. The second kappa shape index (κ2) is 5.93. The maximum Gasteiger partial charge on any atom is 0.257 e. The van der Waals surface area contributed by atoms with Crippen molar-refractivity contribution >= 4 is 27.5 Å². The largest absolute Gasteiger partial charge is 0.322 e. The van der Waals surface area contributed by atoms with E-state index in [1.54, 1.807) is 13.0 Å². The fourth-order valence-electron chi connectivity index (χ4n) is 1.71. The van der Waals surface area contributed by atoms with Crippen LogP contribution in [-0.2, 0) is 5.33 Å². The number of anilines is 1. The third kappa shape index (κ3) is 3.38. The van der Waals surface area contributed by atoms with Gasteiger partial charge in [0.25, 0.3) is 5.91 Å². The van der Waals surface area contributed by atoms with Crippen molar-refractivity contribution in [3.8, 4) is 0 Å². The first-order valence-corrected chi connectivity index (χ1v) is 6.99. The summed E-state index contributed by atoms with van der Waals surface area (Å²) in [6.07, 6.45) is 0. The van der Waals surface area contributed by atoms with Crippen molar-refractivity contribution in [2.24, 2.45) is 0 Å². The van der Waals surface area contributed by atoms with E-state index in [9.17, 15) is 4.79 Å². The van der Waals surface area contributed by atoms with Gasteiger partial charge in [-0.2, -0.15) is 10.2 Å². The van der Waals surface area contributed by atoms with E-state index in [1.807, 2.05) is 31.2 Å². The molecule has 2 rings (SSSR count). The molecule has 0 radical (unpaired) electrons. The van der Waals surface area contributed by atoms with Crippen LogP contribution in [0.5, 0.6) is 0 Å². The van der Waals surface area contributed by atoms with E-state index in [-0.39, 0.29) is 5.91 Å². The highest BCUT2D eigenvalue weighted by atomic mass is 79.9. The van der Waals surface area contributed by atoms with Crippen LogP contribution in [0.3, 0.4) is 0 Å². The Morgan fingerprint density at radius 2 is 2.05 bits per heavy atom. The number of aromatic nitrogens is 2. The number of nitrogens with one attached hydrogen (secondary N) is 1. The summed E-state index contributed by atoms with van der Waals surface area (Å²) in [5.74, 6) is -0.165. The van der Waals surface area contributed by atoms with E-state index in [0.717, 1.165) is 22.3 Å². The molecule has 0 aliphatic carbocycles. The maximum absolute atomic E-state index is 12.2. The van der Waals surface area contributed by atoms with Gasteiger partial charge in [-0.1, -0.05) is 28.1 Å². The molecule has 0 saturated carbocycles. The summed E-state index contributed by atoms with van der Waals surface area (Å²) in [7, 11) is 0. The number of alkyl halides is 1. The van der Waals surface area contributed by atoms with E-state index in [0.29, 0.717) is 11.3 Å². The summed E-state index contributed by atoms with van der Waals surface area (Å²) in [6.45, 7) is 3.59. The van der Waals surface area contributed by atoms with Gasteiger partial charge in [0.1, 0.15) is 0 Å². The molecule has 0 spiro atoms. The average molecular weight is 320 g/mol. The summed E-state index contributed by atoms with van der Waals surface area (Å²) in [4.78, 5) is 12.2. The number of aryl methyl sites for hydroxylation is 2. The Morgan fingerprint density at radius 1 is 1.26 bits per heavy atom. The molecule has 0 atom stereocenters. The lowest BCUT2D eigenvalue weighted by atomic mass is 10.1. The van der Waals surface area contributed by atoms with Crippen molar-refractivity contribution in [2.45, 2.75) is 19.2 Å². The van der Waals surface area contributed by atoms with Gasteiger partial charge in [-0.25, -0.2) is 0 Å². The normalized spacial score (nSPS) is 10.3. The van der Waals surface area contributed by atoms with Gasteiger partial charge in [0.2, 0.25) is 0 Å². The first kappa shape index (κ1) is 13.7. The lowest BCUT2D eigenvalue weighted by Crippen LogP contribution is -2.15. The number of benzene rings is 1. The second-order valence-corrected chi connectivity index (χ2v) is 4.83. The van der Waals surface area contributed by atoms with Crippen LogP contribution >= 0.6 is 15.9 Å². The number of carbonyl (C=O) groups excluding carboxylic acids is 1. The van der Waals surface area contributed by atoms with Crippen molar-refractivity contribution in [3.05, 3.63) is 52.8 Å². The first-order valence-electron chi connectivity index (χ1n) is 5.87. The summed E-state index contributed by atoms with van der Waals surface area (Å²) in [5, 5.41) is 11.5. The van der Waals surface area contributed by atoms with Gasteiger partial charge < -0.3 is 5.32 Å². The fourth-order valence-corrected chi connectivity index (χ4v) is 2.06. The Kier molecular flexibility index (Phi) is 4.27. The number of halogens is 1. The van der Waals surface area contributed by atoms with Crippen molar-refractivity contribution in [1.82, 2.24) is 10.2 Å². The summed E-state index contributed by atoms with van der Waals surface area (Å²) >= 11 is 3.39. The number of hydrogen-bond donors (Lipinski definition) is 1. The Balaban J connectivity index is 2.23. The molecule has 0 bridgehead atoms. The molecule has 0 unspecified atom stereocenters. The molecule has 0 aliphatic heterocycles. The lowest BCUT2D eigenvalue weighted by Gasteiger charge is -2.08. The van der Waals surface area contributed by atoms with Crippen LogP contribution in [0.15, 0.2) is 30.3 Å². The van der Waals surface area contributed by atoms with Gasteiger partial charge in [0.05, 0.1) is 17.0 Å². The Bertz CT molecular complexity index is 613. The van der Waals surface area contributed by atoms with Gasteiger partial charge in [-0.3, -0.25) is 4.79 Å². The quantitative estimate of drug-likeness (QED) is 0.883. The molecule has 4 nitrogen and oxygen atoms in total. The molecule has 98 valence electrons. The summed E-state index contributed by atoms with van der Waals surface area (Å²) in [5.41, 5.74) is 3.79. The molecular weight excluding hydrogens is 306 g/mol. The molecule has 1 amide bonds. The number of hydrogen-bond acceptors (Lipinski definition) is 3. The van der Waals surface area contributed by atoms with E-state index in [1.165, 1.54) is 0 Å². The summed E-state index contributed by atoms with van der Waals surface area (Å²) < 4.78 is 0. The molecular formula is C14H14BrN3O. The maximum atomic E-state index is 12.2. The minimum absolute atomic E-state index is 0.165. The van der Waals surface area contributed by atoms with Crippen LogP contribution in [0.1, 0.15) is 27.3 Å². The number of nitrogens with zero attached hydrogens (tertiary/aromatic N) is 2. The van der Waals surface area contributed by atoms with E-state index in [4.69, 9.17) is 0 Å². The third-order valence-corrected chi connectivity index (χ3v) is 3.33. The van der Waals surface area contributed by atoms with Crippen molar-refractivity contribution in [3.63, 3.8) is 0 Å². The lowest BCUT2D eigenvalue weighted by molar-refractivity contribution is 0.102. The predicted octanol–water partition coefficient (Wildman–Crippen LogP) is 3.24.